The molecule has 7 nitrogen and oxygen atoms in total. The minimum atomic E-state index is -0.510. The first-order valence-corrected chi connectivity index (χ1v) is 8.14. The average molecular weight is 359 g/mol. The molecule has 0 fully saturated rings. The number of rotatable bonds is 5. The summed E-state index contributed by atoms with van der Waals surface area (Å²) in [5, 5.41) is 16.0. The summed E-state index contributed by atoms with van der Waals surface area (Å²) in [5.74, 6) is 1.12. The van der Waals surface area contributed by atoms with E-state index in [4.69, 9.17) is 21.1 Å². The maximum atomic E-state index is 12.3. The van der Waals surface area contributed by atoms with Gasteiger partial charge in [0.05, 0.1) is 12.7 Å². The highest BCUT2D eigenvalue weighted by Crippen LogP contribution is 2.32. The highest BCUT2D eigenvalue weighted by molar-refractivity contribution is 6.17. The molecule has 0 saturated carbocycles. The second kappa shape index (κ2) is 7.73. The smallest absolute Gasteiger partial charge is 0.266 e. The van der Waals surface area contributed by atoms with E-state index < -0.39 is 5.91 Å². The van der Waals surface area contributed by atoms with E-state index in [0.717, 1.165) is 0 Å². The van der Waals surface area contributed by atoms with Gasteiger partial charge >= 0.3 is 0 Å². The van der Waals surface area contributed by atoms with Crippen LogP contribution in [0, 0.1) is 11.3 Å². The van der Waals surface area contributed by atoms with Crippen LogP contribution in [0.25, 0.3) is 6.08 Å². The van der Waals surface area contributed by atoms with Gasteiger partial charge in [-0.3, -0.25) is 9.48 Å². The van der Waals surface area contributed by atoms with Crippen molar-refractivity contribution >= 4 is 29.3 Å². The van der Waals surface area contributed by atoms with Crippen LogP contribution in [0.2, 0.25) is 0 Å². The molecule has 1 amide bonds. The zero-order chi connectivity index (χ0) is 17.6. The lowest BCUT2D eigenvalue weighted by molar-refractivity contribution is -0.112. The highest BCUT2D eigenvalue weighted by Gasteiger charge is 2.14. The van der Waals surface area contributed by atoms with Crippen molar-refractivity contribution in [3.63, 3.8) is 0 Å². The summed E-state index contributed by atoms with van der Waals surface area (Å²) >= 11 is 5.66. The molecule has 3 rings (SSSR count). The summed E-state index contributed by atoms with van der Waals surface area (Å²) in [6.45, 7) is 1.51. The van der Waals surface area contributed by atoms with Crippen LogP contribution in [0.5, 0.6) is 11.5 Å². The quantitative estimate of drug-likeness (QED) is 0.503. The maximum absolute atomic E-state index is 12.3. The normalized spacial score (nSPS) is 13.2. The topological polar surface area (TPSA) is 89.2 Å². The molecule has 1 aliphatic rings. The molecular formula is C17H15ClN4O3. The van der Waals surface area contributed by atoms with Crippen molar-refractivity contribution in [3.8, 4) is 17.6 Å². The molecule has 2 heterocycles. The molecule has 0 radical (unpaired) electrons. The summed E-state index contributed by atoms with van der Waals surface area (Å²) in [6, 6.07) is 6.98. The Bertz CT molecular complexity index is 854. The number of ether oxygens (including phenoxy) is 2. The number of carbonyl (C=O) groups is 1. The molecule has 1 aliphatic heterocycles. The first kappa shape index (κ1) is 16.9. The molecule has 1 N–H and O–H groups in total. The number of aryl methyl sites for hydroxylation is 1. The van der Waals surface area contributed by atoms with Crippen LogP contribution < -0.4 is 14.8 Å². The number of fused-ring (bicyclic) bond motifs is 1. The monoisotopic (exact) mass is 358 g/mol. The van der Waals surface area contributed by atoms with Gasteiger partial charge in [0.2, 0.25) is 0 Å². The number of amides is 1. The van der Waals surface area contributed by atoms with Crippen molar-refractivity contribution in [1.29, 1.82) is 5.26 Å². The van der Waals surface area contributed by atoms with Gasteiger partial charge in [0, 0.05) is 29.4 Å². The summed E-state index contributed by atoms with van der Waals surface area (Å²) in [6.07, 6.45) is 4.77. The Balaban J connectivity index is 1.74. The number of benzene rings is 1. The van der Waals surface area contributed by atoms with Crippen LogP contribution >= 0.6 is 11.6 Å². The molecule has 0 atom stereocenters. The lowest BCUT2D eigenvalue weighted by Gasteiger charge is -2.18. The molecule has 1 aromatic heterocycles. The Morgan fingerprint density at radius 2 is 2.20 bits per heavy atom. The lowest BCUT2D eigenvalue weighted by atomic mass is 10.2. The first-order valence-electron chi connectivity index (χ1n) is 7.61. The van der Waals surface area contributed by atoms with E-state index in [0.29, 0.717) is 48.4 Å². The number of nitrogens with one attached hydrogen (secondary N) is 1. The summed E-state index contributed by atoms with van der Waals surface area (Å²) in [4.78, 5) is 12.3. The molecular weight excluding hydrogens is 344 g/mol. The molecule has 0 spiro atoms. The van der Waals surface area contributed by atoms with Crippen LogP contribution in [-0.2, 0) is 11.3 Å². The van der Waals surface area contributed by atoms with E-state index in [-0.39, 0.29) is 5.57 Å². The second-order valence-electron chi connectivity index (χ2n) is 5.21. The fourth-order valence-electron chi connectivity index (χ4n) is 2.30. The van der Waals surface area contributed by atoms with Crippen LogP contribution in [0.4, 0.5) is 5.69 Å². The summed E-state index contributed by atoms with van der Waals surface area (Å²) < 4.78 is 12.6. The molecule has 0 bridgehead atoms. The Morgan fingerprint density at radius 3 is 2.96 bits per heavy atom. The largest absolute Gasteiger partial charge is 0.486 e. The van der Waals surface area contributed by atoms with Gasteiger partial charge in [-0.2, -0.15) is 10.4 Å². The van der Waals surface area contributed by atoms with Gasteiger partial charge in [0.1, 0.15) is 24.9 Å². The molecule has 128 valence electrons. The maximum Gasteiger partial charge on any atom is 0.266 e. The van der Waals surface area contributed by atoms with E-state index in [9.17, 15) is 10.1 Å². The summed E-state index contributed by atoms with van der Waals surface area (Å²) in [5.41, 5.74) is 1.15. The SMILES string of the molecule is N#C/C(=C/c1cnn(CCCl)c1)C(=O)Nc1ccc2c(c1)OCCO2. The van der Waals surface area contributed by atoms with Crippen LogP contribution in [0.3, 0.4) is 0 Å². The molecule has 8 heteroatoms. The van der Waals surface area contributed by atoms with E-state index in [2.05, 4.69) is 10.4 Å². The van der Waals surface area contributed by atoms with Crippen molar-refractivity contribution in [1.82, 2.24) is 9.78 Å². The molecule has 1 aromatic carbocycles. The zero-order valence-corrected chi connectivity index (χ0v) is 14.0. The number of anilines is 1. The standard InChI is InChI=1S/C17H15ClN4O3/c18-3-4-22-11-12(10-20-22)7-13(9-19)17(23)21-14-1-2-15-16(8-14)25-6-5-24-15/h1-2,7-8,10-11H,3-6H2,(H,21,23)/b13-7-. The van der Waals surface area contributed by atoms with E-state index >= 15 is 0 Å². The minimum absolute atomic E-state index is 0.0275. The van der Waals surface area contributed by atoms with Gasteiger partial charge in [-0.15, -0.1) is 11.6 Å². The summed E-state index contributed by atoms with van der Waals surface area (Å²) in [7, 11) is 0. The predicted molar refractivity (Wildman–Crippen MR) is 92.6 cm³/mol. The Hall–Kier alpha value is -2.98. The zero-order valence-electron chi connectivity index (χ0n) is 13.2. The molecule has 0 saturated heterocycles. The third-order valence-electron chi connectivity index (χ3n) is 3.44. The number of nitriles is 1. The predicted octanol–water partition coefficient (Wildman–Crippen LogP) is 2.44. The number of hydrogen-bond donors (Lipinski definition) is 1. The van der Waals surface area contributed by atoms with Gasteiger partial charge < -0.3 is 14.8 Å². The first-order chi connectivity index (χ1) is 12.2. The van der Waals surface area contributed by atoms with Gasteiger partial charge in [0.25, 0.3) is 5.91 Å². The van der Waals surface area contributed by atoms with Crippen molar-refractivity contribution in [3.05, 3.63) is 41.7 Å². The Kier molecular flexibility index (Phi) is 5.21. The number of nitrogens with zero attached hydrogens (tertiary/aromatic N) is 3. The van der Waals surface area contributed by atoms with Crippen molar-refractivity contribution in [2.45, 2.75) is 6.54 Å². The Morgan fingerprint density at radius 1 is 1.40 bits per heavy atom. The number of hydrogen-bond acceptors (Lipinski definition) is 5. The van der Waals surface area contributed by atoms with Crippen LogP contribution in [0.15, 0.2) is 36.2 Å². The molecule has 2 aromatic rings. The Labute approximate surface area is 149 Å². The van der Waals surface area contributed by atoms with Crippen molar-refractivity contribution < 1.29 is 14.3 Å². The number of carbonyl (C=O) groups excluding carboxylic acids is 1. The molecule has 0 aliphatic carbocycles. The van der Waals surface area contributed by atoms with Gasteiger partial charge in [-0.1, -0.05) is 0 Å². The molecule has 25 heavy (non-hydrogen) atoms. The minimum Gasteiger partial charge on any atom is -0.486 e. The number of alkyl halides is 1. The fraction of sp³-hybridized carbons (Fsp3) is 0.235. The number of aromatic nitrogens is 2. The molecule has 0 unspecified atom stereocenters. The lowest BCUT2D eigenvalue weighted by Crippen LogP contribution is -2.17. The number of halogens is 1. The second-order valence-corrected chi connectivity index (χ2v) is 5.59. The van der Waals surface area contributed by atoms with E-state index in [1.165, 1.54) is 6.08 Å². The van der Waals surface area contributed by atoms with Gasteiger partial charge in [0.15, 0.2) is 11.5 Å². The fourth-order valence-corrected chi connectivity index (χ4v) is 2.47. The average Bonchev–Trinajstić information content (AvgIpc) is 3.07. The van der Waals surface area contributed by atoms with E-state index in [1.54, 1.807) is 35.3 Å². The van der Waals surface area contributed by atoms with Crippen LogP contribution in [0.1, 0.15) is 5.56 Å². The third kappa shape index (κ3) is 4.11. The third-order valence-corrected chi connectivity index (χ3v) is 3.61. The van der Waals surface area contributed by atoms with E-state index in [1.807, 2.05) is 6.07 Å². The van der Waals surface area contributed by atoms with Gasteiger partial charge in [-0.05, 0) is 18.2 Å². The van der Waals surface area contributed by atoms with Gasteiger partial charge in [-0.25, -0.2) is 0 Å². The van der Waals surface area contributed by atoms with Crippen LogP contribution in [-0.4, -0.2) is 34.8 Å². The van der Waals surface area contributed by atoms with Crippen molar-refractivity contribution in [2.24, 2.45) is 0 Å². The highest BCUT2D eigenvalue weighted by atomic mass is 35.5. The van der Waals surface area contributed by atoms with Crippen molar-refractivity contribution in [2.75, 3.05) is 24.4 Å².